The van der Waals surface area contributed by atoms with Crippen molar-refractivity contribution in [1.82, 2.24) is 5.32 Å². The highest BCUT2D eigenvalue weighted by molar-refractivity contribution is 6.29. The van der Waals surface area contributed by atoms with E-state index in [0.29, 0.717) is 11.3 Å². The second-order valence-corrected chi connectivity index (χ2v) is 3.56. The van der Waals surface area contributed by atoms with Crippen LogP contribution in [0.5, 0.6) is 0 Å². The zero-order valence-electron chi connectivity index (χ0n) is 9.13. The average molecular weight is 241 g/mol. The van der Waals surface area contributed by atoms with E-state index in [4.69, 9.17) is 11.6 Å². The summed E-state index contributed by atoms with van der Waals surface area (Å²) >= 11 is 5.37. The van der Waals surface area contributed by atoms with Crippen molar-refractivity contribution >= 4 is 29.1 Å². The quantitative estimate of drug-likeness (QED) is 0.788. The molecule has 0 atom stereocenters. The molecule has 0 aliphatic heterocycles. The summed E-state index contributed by atoms with van der Waals surface area (Å²) in [4.78, 5) is 22.4. The van der Waals surface area contributed by atoms with Crippen LogP contribution in [0.15, 0.2) is 18.2 Å². The first-order valence-corrected chi connectivity index (χ1v) is 5.30. The Hall–Kier alpha value is -1.55. The number of hydrogen-bond acceptors (Lipinski definition) is 2. The molecule has 1 aromatic rings. The van der Waals surface area contributed by atoms with Gasteiger partial charge >= 0.3 is 0 Å². The van der Waals surface area contributed by atoms with Crippen LogP contribution in [0.1, 0.15) is 15.9 Å². The average Bonchev–Trinajstić information content (AvgIpc) is 2.28. The molecule has 0 spiro atoms. The normalized spacial score (nSPS) is 9.69. The van der Waals surface area contributed by atoms with Crippen molar-refractivity contribution in [3.8, 4) is 0 Å². The van der Waals surface area contributed by atoms with Crippen LogP contribution in [0, 0.1) is 6.92 Å². The van der Waals surface area contributed by atoms with Crippen molar-refractivity contribution < 1.29 is 9.59 Å². The summed E-state index contributed by atoms with van der Waals surface area (Å²) < 4.78 is 0. The highest BCUT2D eigenvalue weighted by Crippen LogP contribution is 2.15. The number of carbonyl (C=O) groups is 2. The molecule has 0 bridgehead atoms. The van der Waals surface area contributed by atoms with Gasteiger partial charge in [-0.2, -0.15) is 0 Å². The zero-order valence-corrected chi connectivity index (χ0v) is 9.89. The van der Waals surface area contributed by atoms with Gasteiger partial charge < -0.3 is 10.6 Å². The molecule has 0 aromatic heterocycles. The number of halogens is 1. The molecule has 2 N–H and O–H groups in total. The fraction of sp³-hybridized carbons (Fsp3) is 0.273. The highest BCUT2D eigenvalue weighted by Gasteiger charge is 2.08. The maximum Gasteiger partial charge on any atom is 0.251 e. The topological polar surface area (TPSA) is 58.2 Å². The Labute approximate surface area is 99.0 Å². The lowest BCUT2D eigenvalue weighted by Gasteiger charge is -2.08. The van der Waals surface area contributed by atoms with Gasteiger partial charge in [0.2, 0.25) is 5.91 Å². The van der Waals surface area contributed by atoms with Crippen molar-refractivity contribution in [2.24, 2.45) is 0 Å². The lowest BCUT2D eigenvalue weighted by atomic mass is 10.1. The predicted octanol–water partition coefficient (Wildman–Crippen LogP) is 1.53. The molecule has 0 saturated carbocycles. The molecule has 0 aliphatic carbocycles. The summed E-state index contributed by atoms with van der Waals surface area (Å²) in [5.41, 5.74) is 2.02. The van der Waals surface area contributed by atoms with E-state index in [9.17, 15) is 9.59 Å². The summed E-state index contributed by atoms with van der Waals surface area (Å²) in [6.45, 7) is 1.81. The van der Waals surface area contributed by atoms with Gasteiger partial charge in [-0.05, 0) is 30.7 Å². The Balaban J connectivity index is 2.91. The van der Waals surface area contributed by atoms with Crippen molar-refractivity contribution in [1.29, 1.82) is 0 Å². The molecule has 5 heteroatoms. The summed E-state index contributed by atoms with van der Waals surface area (Å²) in [6, 6.07) is 5.06. The van der Waals surface area contributed by atoms with Crippen molar-refractivity contribution in [3.05, 3.63) is 29.3 Å². The fourth-order valence-corrected chi connectivity index (χ4v) is 1.39. The first kappa shape index (κ1) is 12.5. The number of amides is 2. The number of benzene rings is 1. The lowest BCUT2D eigenvalue weighted by molar-refractivity contribution is -0.113. The Morgan fingerprint density at radius 1 is 1.38 bits per heavy atom. The summed E-state index contributed by atoms with van der Waals surface area (Å²) in [7, 11) is 1.57. The van der Waals surface area contributed by atoms with E-state index in [1.165, 1.54) is 0 Å². The maximum atomic E-state index is 11.4. The molecule has 86 valence electrons. The Morgan fingerprint density at radius 2 is 2.06 bits per heavy atom. The molecule has 1 rings (SSSR count). The van der Waals surface area contributed by atoms with E-state index in [-0.39, 0.29) is 17.7 Å². The molecule has 0 heterocycles. The van der Waals surface area contributed by atoms with Gasteiger partial charge in [0.05, 0.1) is 0 Å². The smallest absolute Gasteiger partial charge is 0.251 e. The first-order chi connectivity index (χ1) is 7.58. The number of carbonyl (C=O) groups excluding carboxylic acids is 2. The fourth-order valence-electron chi connectivity index (χ4n) is 1.33. The number of hydrogen-bond donors (Lipinski definition) is 2. The second-order valence-electron chi connectivity index (χ2n) is 3.29. The molecule has 4 nitrogen and oxygen atoms in total. The molecule has 0 unspecified atom stereocenters. The molecule has 2 amide bonds. The molecular formula is C11H13ClN2O2. The van der Waals surface area contributed by atoms with E-state index in [0.717, 1.165) is 5.56 Å². The SMILES string of the molecule is CNC(=O)c1ccc(NC(=O)CCl)cc1C. The summed E-state index contributed by atoms with van der Waals surface area (Å²) in [6.07, 6.45) is 0. The van der Waals surface area contributed by atoms with Crippen molar-refractivity contribution in [2.75, 3.05) is 18.2 Å². The minimum absolute atomic E-state index is 0.0871. The van der Waals surface area contributed by atoms with Crippen LogP contribution in [-0.4, -0.2) is 24.7 Å². The molecule has 0 fully saturated rings. The van der Waals surface area contributed by atoms with Gasteiger partial charge in [0.1, 0.15) is 5.88 Å². The number of aryl methyl sites for hydroxylation is 1. The third-order valence-electron chi connectivity index (χ3n) is 2.10. The van der Waals surface area contributed by atoms with E-state index >= 15 is 0 Å². The van der Waals surface area contributed by atoms with Crippen LogP contribution >= 0.6 is 11.6 Å². The van der Waals surface area contributed by atoms with Gasteiger partial charge in [-0.3, -0.25) is 9.59 Å². The van der Waals surface area contributed by atoms with Crippen LogP contribution < -0.4 is 10.6 Å². The molecule has 0 radical (unpaired) electrons. The number of alkyl halides is 1. The zero-order chi connectivity index (χ0) is 12.1. The number of nitrogens with one attached hydrogen (secondary N) is 2. The summed E-state index contributed by atoms with van der Waals surface area (Å²) in [5, 5.41) is 5.16. The first-order valence-electron chi connectivity index (χ1n) is 4.77. The summed E-state index contributed by atoms with van der Waals surface area (Å²) in [5.74, 6) is -0.502. The lowest BCUT2D eigenvalue weighted by Crippen LogP contribution is -2.19. The van der Waals surface area contributed by atoms with Gasteiger partial charge in [-0.1, -0.05) is 0 Å². The number of rotatable bonds is 3. The molecule has 0 saturated heterocycles. The minimum atomic E-state index is -0.270. The highest BCUT2D eigenvalue weighted by atomic mass is 35.5. The third-order valence-corrected chi connectivity index (χ3v) is 2.35. The van der Waals surface area contributed by atoms with Crippen LogP contribution in [0.4, 0.5) is 5.69 Å². The Kier molecular flexibility index (Phi) is 4.31. The molecule has 16 heavy (non-hydrogen) atoms. The minimum Gasteiger partial charge on any atom is -0.355 e. The van der Waals surface area contributed by atoms with Gasteiger partial charge in [0, 0.05) is 18.3 Å². The van der Waals surface area contributed by atoms with Crippen LogP contribution in [-0.2, 0) is 4.79 Å². The van der Waals surface area contributed by atoms with Gasteiger partial charge in [0.15, 0.2) is 0 Å². The third kappa shape index (κ3) is 2.97. The van der Waals surface area contributed by atoms with Gasteiger partial charge in [-0.25, -0.2) is 0 Å². The van der Waals surface area contributed by atoms with E-state index in [1.54, 1.807) is 32.2 Å². The molecular weight excluding hydrogens is 228 g/mol. The monoisotopic (exact) mass is 240 g/mol. The predicted molar refractivity (Wildman–Crippen MR) is 63.9 cm³/mol. The van der Waals surface area contributed by atoms with Gasteiger partial charge in [0.25, 0.3) is 5.91 Å². The van der Waals surface area contributed by atoms with Crippen molar-refractivity contribution in [2.45, 2.75) is 6.92 Å². The van der Waals surface area contributed by atoms with Crippen LogP contribution in [0.2, 0.25) is 0 Å². The Morgan fingerprint density at radius 3 is 2.56 bits per heavy atom. The standard InChI is InChI=1S/C11H13ClN2O2/c1-7-5-8(14-10(15)6-12)3-4-9(7)11(16)13-2/h3-5H,6H2,1-2H3,(H,13,16)(H,14,15). The van der Waals surface area contributed by atoms with E-state index in [1.807, 2.05) is 0 Å². The largest absolute Gasteiger partial charge is 0.355 e. The van der Waals surface area contributed by atoms with E-state index < -0.39 is 0 Å². The van der Waals surface area contributed by atoms with Gasteiger partial charge in [-0.15, -0.1) is 11.6 Å². The molecule has 1 aromatic carbocycles. The Bertz CT molecular complexity index is 418. The number of anilines is 1. The molecule has 0 aliphatic rings. The van der Waals surface area contributed by atoms with Crippen molar-refractivity contribution in [3.63, 3.8) is 0 Å². The second kappa shape index (κ2) is 5.51. The maximum absolute atomic E-state index is 11.4. The van der Waals surface area contributed by atoms with Crippen LogP contribution in [0.25, 0.3) is 0 Å². The van der Waals surface area contributed by atoms with Crippen LogP contribution in [0.3, 0.4) is 0 Å². The van der Waals surface area contributed by atoms with E-state index in [2.05, 4.69) is 10.6 Å².